The molecule has 0 radical (unpaired) electrons. The van der Waals surface area contributed by atoms with Gasteiger partial charge in [0.2, 0.25) is 0 Å². The van der Waals surface area contributed by atoms with Crippen molar-refractivity contribution in [3.63, 3.8) is 0 Å². The molecule has 1 aromatic rings. The predicted octanol–water partition coefficient (Wildman–Crippen LogP) is 3.25. The van der Waals surface area contributed by atoms with E-state index < -0.39 is 0 Å². The highest BCUT2D eigenvalue weighted by molar-refractivity contribution is 5.23. The molecule has 20 heavy (non-hydrogen) atoms. The molecule has 112 valence electrons. The molecule has 0 bridgehead atoms. The van der Waals surface area contributed by atoms with E-state index in [1.807, 2.05) is 12.1 Å². The van der Waals surface area contributed by atoms with Gasteiger partial charge in [0.15, 0.2) is 0 Å². The molecule has 0 heterocycles. The summed E-state index contributed by atoms with van der Waals surface area (Å²) in [6, 6.07) is 8.18. The van der Waals surface area contributed by atoms with Gasteiger partial charge in [-0.2, -0.15) is 0 Å². The second-order valence-electron chi connectivity index (χ2n) is 6.60. The summed E-state index contributed by atoms with van der Waals surface area (Å²) in [7, 11) is 4.29. The SMILES string of the molecule is CC(C)C(CNC1CC(c2ccc(F)cc2)C1)N(C)C. The first kappa shape index (κ1) is 15.5. The van der Waals surface area contributed by atoms with Gasteiger partial charge in [-0.3, -0.25) is 0 Å². The largest absolute Gasteiger partial charge is 0.312 e. The maximum Gasteiger partial charge on any atom is 0.123 e. The highest BCUT2D eigenvalue weighted by atomic mass is 19.1. The molecule has 1 aromatic carbocycles. The van der Waals surface area contributed by atoms with E-state index in [0.29, 0.717) is 23.9 Å². The van der Waals surface area contributed by atoms with Crippen LogP contribution in [0.3, 0.4) is 0 Å². The monoisotopic (exact) mass is 278 g/mol. The standard InChI is InChI=1S/C17H27FN2/c1-12(2)17(20(3)4)11-19-16-9-14(10-16)13-5-7-15(18)8-6-13/h5-8,12,14,16-17,19H,9-11H2,1-4H3. The normalized spacial score (nSPS) is 23.9. The Kier molecular flexibility index (Phi) is 5.17. The number of rotatable bonds is 6. The molecule has 0 saturated heterocycles. The molecule has 0 aliphatic heterocycles. The Morgan fingerprint density at radius 3 is 2.30 bits per heavy atom. The number of benzene rings is 1. The smallest absolute Gasteiger partial charge is 0.123 e. The van der Waals surface area contributed by atoms with Gasteiger partial charge in [0, 0.05) is 18.6 Å². The van der Waals surface area contributed by atoms with Crippen molar-refractivity contribution < 1.29 is 4.39 Å². The summed E-state index contributed by atoms with van der Waals surface area (Å²) in [5.74, 6) is 1.11. The molecule has 1 atom stereocenters. The van der Waals surface area contributed by atoms with Crippen LogP contribution in [0.1, 0.15) is 38.2 Å². The van der Waals surface area contributed by atoms with Crippen LogP contribution in [0, 0.1) is 11.7 Å². The Bertz CT molecular complexity index is 400. The van der Waals surface area contributed by atoms with Gasteiger partial charge >= 0.3 is 0 Å². The van der Waals surface area contributed by atoms with Crippen molar-refractivity contribution in [1.29, 1.82) is 0 Å². The van der Waals surface area contributed by atoms with E-state index in [4.69, 9.17) is 0 Å². The molecule has 0 spiro atoms. The average Bonchev–Trinajstić information content (AvgIpc) is 2.32. The second kappa shape index (κ2) is 6.68. The summed E-state index contributed by atoms with van der Waals surface area (Å²) in [6.07, 6.45) is 2.34. The van der Waals surface area contributed by atoms with Crippen molar-refractivity contribution in [2.45, 2.75) is 44.7 Å². The van der Waals surface area contributed by atoms with Crippen molar-refractivity contribution >= 4 is 0 Å². The highest BCUT2D eigenvalue weighted by Gasteiger charge is 2.30. The van der Waals surface area contributed by atoms with Crippen LogP contribution in [0.5, 0.6) is 0 Å². The minimum Gasteiger partial charge on any atom is -0.312 e. The minimum atomic E-state index is -0.145. The van der Waals surface area contributed by atoms with Crippen molar-refractivity contribution in [1.82, 2.24) is 10.2 Å². The number of hydrogen-bond donors (Lipinski definition) is 1. The summed E-state index contributed by atoms with van der Waals surface area (Å²) in [4.78, 5) is 2.30. The van der Waals surface area contributed by atoms with Crippen molar-refractivity contribution in [3.8, 4) is 0 Å². The van der Waals surface area contributed by atoms with E-state index in [1.54, 1.807) is 12.1 Å². The first-order valence-corrected chi connectivity index (χ1v) is 7.62. The number of likely N-dealkylation sites (N-methyl/N-ethyl adjacent to an activating group) is 1. The Labute approximate surface area is 122 Å². The van der Waals surface area contributed by atoms with Gasteiger partial charge in [-0.25, -0.2) is 4.39 Å². The second-order valence-corrected chi connectivity index (χ2v) is 6.60. The predicted molar refractivity (Wildman–Crippen MR) is 82.5 cm³/mol. The van der Waals surface area contributed by atoms with Gasteiger partial charge in [0.05, 0.1) is 0 Å². The first-order chi connectivity index (χ1) is 9.47. The van der Waals surface area contributed by atoms with Gasteiger partial charge in [0.1, 0.15) is 5.82 Å². The van der Waals surface area contributed by atoms with E-state index in [1.165, 1.54) is 18.4 Å². The third-order valence-electron chi connectivity index (χ3n) is 4.53. The van der Waals surface area contributed by atoms with E-state index in [-0.39, 0.29) is 5.82 Å². The Morgan fingerprint density at radius 2 is 1.80 bits per heavy atom. The molecule has 0 aromatic heterocycles. The molecular weight excluding hydrogens is 251 g/mol. The Morgan fingerprint density at radius 1 is 1.20 bits per heavy atom. The Hall–Kier alpha value is -0.930. The molecule has 0 amide bonds. The van der Waals surface area contributed by atoms with Crippen LogP contribution in [0.25, 0.3) is 0 Å². The third kappa shape index (κ3) is 3.80. The lowest BCUT2D eigenvalue weighted by Gasteiger charge is -2.38. The molecule has 1 aliphatic carbocycles. The molecule has 1 N–H and O–H groups in total. The van der Waals surface area contributed by atoms with E-state index >= 15 is 0 Å². The van der Waals surface area contributed by atoms with Gasteiger partial charge in [0.25, 0.3) is 0 Å². The number of nitrogens with zero attached hydrogens (tertiary/aromatic N) is 1. The lowest BCUT2D eigenvalue weighted by molar-refractivity contribution is 0.198. The van der Waals surface area contributed by atoms with Crippen LogP contribution in [0.4, 0.5) is 4.39 Å². The van der Waals surface area contributed by atoms with Crippen LogP contribution in [-0.2, 0) is 0 Å². The van der Waals surface area contributed by atoms with Gasteiger partial charge in [-0.05, 0) is 56.5 Å². The van der Waals surface area contributed by atoms with Crippen molar-refractivity contribution in [2.24, 2.45) is 5.92 Å². The van der Waals surface area contributed by atoms with Crippen LogP contribution < -0.4 is 5.32 Å². The van der Waals surface area contributed by atoms with Gasteiger partial charge in [-0.15, -0.1) is 0 Å². The van der Waals surface area contributed by atoms with Crippen molar-refractivity contribution in [3.05, 3.63) is 35.6 Å². The van der Waals surface area contributed by atoms with Crippen LogP contribution >= 0.6 is 0 Å². The lowest BCUT2D eigenvalue weighted by atomic mass is 9.76. The fourth-order valence-corrected chi connectivity index (χ4v) is 3.09. The molecule has 1 unspecified atom stereocenters. The number of nitrogens with one attached hydrogen (secondary N) is 1. The quantitative estimate of drug-likeness (QED) is 0.859. The zero-order chi connectivity index (χ0) is 14.7. The minimum absolute atomic E-state index is 0.145. The van der Waals surface area contributed by atoms with E-state index in [9.17, 15) is 4.39 Å². The van der Waals surface area contributed by atoms with Crippen LogP contribution in [0.15, 0.2) is 24.3 Å². The fraction of sp³-hybridized carbons (Fsp3) is 0.647. The maximum atomic E-state index is 12.9. The summed E-state index contributed by atoms with van der Waals surface area (Å²) in [5.41, 5.74) is 1.28. The van der Waals surface area contributed by atoms with E-state index in [0.717, 1.165) is 6.54 Å². The Balaban J connectivity index is 1.75. The summed E-state index contributed by atoms with van der Waals surface area (Å²) in [6.45, 7) is 5.59. The summed E-state index contributed by atoms with van der Waals surface area (Å²) >= 11 is 0. The molecule has 2 rings (SSSR count). The third-order valence-corrected chi connectivity index (χ3v) is 4.53. The van der Waals surface area contributed by atoms with Crippen molar-refractivity contribution in [2.75, 3.05) is 20.6 Å². The first-order valence-electron chi connectivity index (χ1n) is 7.62. The zero-order valence-corrected chi connectivity index (χ0v) is 13.1. The fourth-order valence-electron chi connectivity index (χ4n) is 3.09. The van der Waals surface area contributed by atoms with E-state index in [2.05, 4.69) is 38.2 Å². The average molecular weight is 278 g/mol. The topological polar surface area (TPSA) is 15.3 Å². The lowest BCUT2D eigenvalue weighted by Crippen LogP contribution is -2.48. The highest BCUT2D eigenvalue weighted by Crippen LogP contribution is 2.36. The molecule has 1 fully saturated rings. The molecule has 1 aliphatic rings. The van der Waals surface area contributed by atoms with Crippen LogP contribution in [-0.4, -0.2) is 37.6 Å². The molecular formula is C17H27FN2. The molecule has 1 saturated carbocycles. The number of halogens is 1. The molecule has 2 nitrogen and oxygen atoms in total. The van der Waals surface area contributed by atoms with Gasteiger partial charge in [-0.1, -0.05) is 26.0 Å². The number of hydrogen-bond acceptors (Lipinski definition) is 2. The zero-order valence-electron chi connectivity index (χ0n) is 13.1. The van der Waals surface area contributed by atoms with Gasteiger partial charge < -0.3 is 10.2 Å². The summed E-state index contributed by atoms with van der Waals surface area (Å²) < 4.78 is 12.9. The maximum absolute atomic E-state index is 12.9. The van der Waals surface area contributed by atoms with Crippen LogP contribution in [0.2, 0.25) is 0 Å². The molecule has 3 heteroatoms. The summed E-state index contributed by atoms with van der Waals surface area (Å²) in [5, 5.41) is 3.68.